The Hall–Kier alpha value is -0.950. The summed E-state index contributed by atoms with van der Waals surface area (Å²) in [5, 5.41) is 8.99. The molecule has 1 aromatic rings. The summed E-state index contributed by atoms with van der Waals surface area (Å²) in [5.41, 5.74) is 1.52. The Labute approximate surface area is 127 Å². The Morgan fingerprint density at radius 1 is 1.29 bits per heavy atom. The predicted molar refractivity (Wildman–Crippen MR) is 83.2 cm³/mol. The normalized spacial score (nSPS) is 24.1. The van der Waals surface area contributed by atoms with Crippen LogP contribution in [0, 0.1) is 0 Å². The summed E-state index contributed by atoms with van der Waals surface area (Å²) < 4.78 is 27.3. The molecule has 0 aliphatic carbocycles. The number of hydrogen-bond donors (Lipinski definition) is 2. The first-order valence-corrected chi connectivity index (χ1v) is 8.94. The third-order valence-electron chi connectivity index (χ3n) is 4.12. The van der Waals surface area contributed by atoms with Gasteiger partial charge in [0.15, 0.2) is 0 Å². The van der Waals surface area contributed by atoms with Crippen molar-refractivity contribution in [2.24, 2.45) is 0 Å². The molecule has 0 radical (unpaired) electrons. The van der Waals surface area contributed by atoms with Crippen LogP contribution < -0.4 is 4.72 Å². The molecule has 0 spiro atoms. The van der Waals surface area contributed by atoms with Crippen molar-refractivity contribution in [2.75, 3.05) is 13.6 Å². The second-order valence-electron chi connectivity index (χ2n) is 5.90. The molecule has 2 N–H and O–H groups in total. The van der Waals surface area contributed by atoms with Crippen molar-refractivity contribution in [1.29, 1.82) is 0 Å². The number of nitrogens with one attached hydrogen (secondary N) is 1. The van der Waals surface area contributed by atoms with Gasteiger partial charge in [0, 0.05) is 12.1 Å². The second-order valence-corrected chi connectivity index (χ2v) is 7.66. The quantitative estimate of drug-likeness (QED) is 0.854. The summed E-state index contributed by atoms with van der Waals surface area (Å²) in [6.45, 7) is 3.01. The number of nitrogens with zero attached hydrogens (tertiary/aromatic N) is 1. The molecule has 2 unspecified atom stereocenters. The summed E-state index contributed by atoms with van der Waals surface area (Å²) in [7, 11) is -1.26. The van der Waals surface area contributed by atoms with E-state index < -0.39 is 10.0 Å². The van der Waals surface area contributed by atoms with Gasteiger partial charge in [0.25, 0.3) is 0 Å². The van der Waals surface area contributed by atoms with Gasteiger partial charge in [0.2, 0.25) is 10.0 Å². The maximum absolute atomic E-state index is 12.2. The average Bonchev–Trinajstić information content (AvgIpc) is 2.43. The number of likely N-dealkylation sites (tertiary alicyclic amines) is 1. The highest BCUT2D eigenvalue weighted by Gasteiger charge is 2.26. The summed E-state index contributed by atoms with van der Waals surface area (Å²) in [5.74, 6) is -0.0145. The largest absolute Gasteiger partial charge is 0.392 e. The fraction of sp³-hybridized carbons (Fsp3) is 0.600. The fourth-order valence-corrected chi connectivity index (χ4v) is 4.09. The van der Waals surface area contributed by atoms with Gasteiger partial charge < -0.3 is 10.0 Å². The average molecular weight is 312 g/mol. The standard InChI is InChI=1S/C15H24N2O3S/c1-12-9-15(7-8-17(12)2)16-21(19,20)11-14-5-3-13(10-18)4-6-14/h3-6,12,15-16,18H,7-11H2,1-2H3. The van der Waals surface area contributed by atoms with Crippen LogP contribution in [0.3, 0.4) is 0 Å². The molecule has 1 heterocycles. The number of piperidine rings is 1. The second kappa shape index (κ2) is 6.87. The Morgan fingerprint density at radius 2 is 1.90 bits per heavy atom. The first-order chi connectivity index (χ1) is 9.89. The van der Waals surface area contributed by atoms with Crippen LogP contribution in [0.25, 0.3) is 0 Å². The molecule has 6 heteroatoms. The van der Waals surface area contributed by atoms with Crippen LogP contribution in [0.4, 0.5) is 0 Å². The molecular weight excluding hydrogens is 288 g/mol. The van der Waals surface area contributed by atoms with E-state index in [1.54, 1.807) is 24.3 Å². The lowest BCUT2D eigenvalue weighted by atomic mass is 10.0. The van der Waals surface area contributed by atoms with Gasteiger partial charge >= 0.3 is 0 Å². The van der Waals surface area contributed by atoms with Crippen molar-refractivity contribution >= 4 is 10.0 Å². The Kier molecular flexibility index (Phi) is 5.37. The van der Waals surface area contributed by atoms with Gasteiger partial charge in [-0.25, -0.2) is 13.1 Å². The molecule has 0 saturated carbocycles. The SMILES string of the molecule is CC1CC(NS(=O)(=O)Cc2ccc(CO)cc2)CCN1C. The molecule has 1 aliphatic rings. The maximum atomic E-state index is 12.2. The van der Waals surface area contributed by atoms with Gasteiger partial charge in [-0.3, -0.25) is 0 Å². The smallest absolute Gasteiger partial charge is 0.216 e. The summed E-state index contributed by atoms with van der Waals surface area (Å²) in [6, 6.07) is 7.43. The van der Waals surface area contributed by atoms with Crippen LogP contribution in [0.15, 0.2) is 24.3 Å². The molecule has 0 bridgehead atoms. The lowest BCUT2D eigenvalue weighted by Gasteiger charge is -2.35. The topological polar surface area (TPSA) is 69.6 Å². The molecule has 0 amide bonds. The molecule has 21 heavy (non-hydrogen) atoms. The number of aliphatic hydroxyl groups is 1. The third-order valence-corrected chi connectivity index (χ3v) is 5.52. The minimum absolute atomic E-state index is 0.0145. The van der Waals surface area contributed by atoms with Crippen molar-refractivity contribution < 1.29 is 13.5 Å². The van der Waals surface area contributed by atoms with E-state index in [9.17, 15) is 8.42 Å². The number of rotatable bonds is 5. The number of aliphatic hydroxyl groups excluding tert-OH is 1. The Bertz CT molecular complexity index is 557. The van der Waals surface area contributed by atoms with Gasteiger partial charge in [-0.1, -0.05) is 24.3 Å². The van der Waals surface area contributed by atoms with Crippen LogP contribution in [-0.4, -0.2) is 44.1 Å². The Balaban J connectivity index is 1.95. The first kappa shape index (κ1) is 16.4. The monoisotopic (exact) mass is 312 g/mol. The zero-order valence-electron chi connectivity index (χ0n) is 12.6. The molecule has 5 nitrogen and oxygen atoms in total. The van der Waals surface area contributed by atoms with E-state index in [0.717, 1.165) is 30.5 Å². The molecule has 0 aromatic heterocycles. The van der Waals surface area contributed by atoms with E-state index in [1.165, 1.54) is 0 Å². The first-order valence-electron chi connectivity index (χ1n) is 7.28. The molecule has 2 atom stereocenters. The van der Waals surface area contributed by atoms with Crippen LogP contribution in [0.5, 0.6) is 0 Å². The minimum atomic E-state index is -3.33. The van der Waals surface area contributed by atoms with E-state index in [0.29, 0.717) is 6.04 Å². The maximum Gasteiger partial charge on any atom is 0.216 e. The van der Waals surface area contributed by atoms with Gasteiger partial charge in [0.05, 0.1) is 12.4 Å². The predicted octanol–water partition coefficient (Wildman–Crippen LogP) is 1.08. The number of sulfonamides is 1. The van der Waals surface area contributed by atoms with Crippen LogP contribution in [-0.2, 0) is 22.4 Å². The molecule has 1 aromatic carbocycles. The van der Waals surface area contributed by atoms with Gasteiger partial charge in [-0.05, 0) is 44.5 Å². The molecule has 118 valence electrons. The summed E-state index contributed by atoms with van der Waals surface area (Å²) >= 11 is 0. The van der Waals surface area contributed by atoms with E-state index >= 15 is 0 Å². The van der Waals surface area contributed by atoms with E-state index in [1.807, 2.05) is 0 Å². The minimum Gasteiger partial charge on any atom is -0.392 e. The lowest BCUT2D eigenvalue weighted by molar-refractivity contribution is 0.178. The van der Waals surface area contributed by atoms with Gasteiger partial charge in [-0.2, -0.15) is 0 Å². The Morgan fingerprint density at radius 3 is 2.48 bits per heavy atom. The fourth-order valence-electron chi connectivity index (χ4n) is 2.65. The highest BCUT2D eigenvalue weighted by atomic mass is 32.2. The van der Waals surface area contributed by atoms with Crippen LogP contribution in [0.2, 0.25) is 0 Å². The van der Waals surface area contributed by atoms with E-state index in [4.69, 9.17) is 5.11 Å². The molecule has 1 aliphatic heterocycles. The van der Waals surface area contributed by atoms with E-state index in [-0.39, 0.29) is 18.4 Å². The van der Waals surface area contributed by atoms with Crippen molar-refractivity contribution in [3.8, 4) is 0 Å². The van der Waals surface area contributed by atoms with Crippen LogP contribution >= 0.6 is 0 Å². The van der Waals surface area contributed by atoms with Crippen molar-refractivity contribution in [3.05, 3.63) is 35.4 Å². The number of hydrogen-bond acceptors (Lipinski definition) is 4. The molecule has 2 rings (SSSR count). The van der Waals surface area contributed by atoms with E-state index in [2.05, 4.69) is 23.6 Å². The summed E-state index contributed by atoms with van der Waals surface area (Å²) in [4.78, 5) is 2.25. The van der Waals surface area contributed by atoms with Gasteiger partial charge in [-0.15, -0.1) is 0 Å². The third kappa shape index (κ3) is 4.78. The zero-order valence-corrected chi connectivity index (χ0v) is 13.4. The zero-order chi connectivity index (χ0) is 15.5. The van der Waals surface area contributed by atoms with Crippen LogP contribution in [0.1, 0.15) is 30.9 Å². The summed E-state index contributed by atoms with van der Waals surface area (Å²) in [6.07, 6.45) is 1.70. The van der Waals surface area contributed by atoms with Crippen molar-refractivity contribution in [3.63, 3.8) is 0 Å². The van der Waals surface area contributed by atoms with Crippen molar-refractivity contribution in [2.45, 2.75) is 44.2 Å². The highest BCUT2D eigenvalue weighted by molar-refractivity contribution is 7.88. The van der Waals surface area contributed by atoms with Gasteiger partial charge in [0.1, 0.15) is 0 Å². The molecular formula is C15H24N2O3S. The number of benzene rings is 1. The lowest BCUT2D eigenvalue weighted by Crippen LogP contribution is -2.47. The molecule has 1 fully saturated rings. The highest BCUT2D eigenvalue weighted by Crippen LogP contribution is 2.17. The van der Waals surface area contributed by atoms with Crippen molar-refractivity contribution in [1.82, 2.24) is 9.62 Å². The molecule has 1 saturated heterocycles.